The minimum atomic E-state index is -0.386. The zero-order chi connectivity index (χ0) is 21.0. The summed E-state index contributed by atoms with van der Waals surface area (Å²) in [5, 5.41) is 2.63. The maximum absolute atomic E-state index is 12.4. The van der Waals surface area contributed by atoms with E-state index in [2.05, 4.69) is 27.9 Å². The summed E-state index contributed by atoms with van der Waals surface area (Å²) in [6, 6.07) is 11.5. The molecule has 0 aliphatic carbocycles. The first-order valence-corrected chi connectivity index (χ1v) is 10.4. The Kier molecular flexibility index (Phi) is 6.79. The molecule has 0 atom stereocenters. The Morgan fingerprint density at radius 2 is 1.90 bits per heavy atom. The lowest BCUT2D eigenvalue weighted by Gasteiger charge is -2.14. The Hall–Kier alpha value is -2.55. The van der Waals surface area contributed by atoms with Crippen LogP contribution in [0.3, 0.4) is 0 Å². The van der Waals surface area contributed by atoms with E-state index in [1.165, 1.54) is 10.5 Å². The van der Waals surface area contributed by atoms with Crippen molar-refractivity contribution >= 4 is 40.6 Å². The number of nitrogens with one attached hydrogen (secondary N) is 1. The van der Waals surface area contributed by atoms with Crippen molar-refractivity contribution in [2.24, 2.45) is 0 Å². The van der Waals surface area contributed by atoms with Crippen molar-refractivity contribution in [3.63, 3.8) is 0 Å². The van der Waals surface area contributed by atoms with Gasteiger partial charge in [0, 0.05) is 6.54 Å². The number of aryl methyl sites for hydroxylation is 1. The number of amides is 3. The molecule has 3 rings (SSSR count). The van der Waals surface area contributed by atoms with Gasteiger partial charge in [-0.3, -0.25) is 9.69 Å². The van der Waals surface area contributed by atoms with Gasteiger partial charge in [-0.15, -0.1) is 0 Å². The van der Waals surface area contributed by atoms with Crippen LogP contribution in [-0.2, 0) is 11.4 Å². The van der Waals surface area contributed by atoms with Crippen molar-refractivity contribution in [3.8, 4) is 11.5 Å². The molecular formula is C22H23IN2O4. The number of imide groups is 1. The van der Waals surface area contributed by atoms with Crippen molar-refractivity contribution in [1.29, 1.82) is 0 Å². The number of ether oxygens (including phenoxy) is 2. The summed E-state index contributed by atoms with van der Waals surface area (Å²) in [6.45, 7) is 4.79. The van der Waals surface area contributed by atoms with Gasteiger partial charge in [-0.1, -0.05) is 36.8 Å². The lowest BCUT2D eigenvalue weighted by Crippen LogP contribution is -2.31. The van der Waals surface area contributed by atoms with Crippen LogP contribution in [0.5, 0.6) is 11.5 Å². The first-order valence-electron chi connectivity index (χ1n) is 9.33. The first kappa shape index (κ1) is 21.2. The van der Waals surface area contributed by atoms with Crippen LogP contribution in [-0.4, -0.2) is 30.5 Å². The lowest BCUT2D eigenvalue weighted by molar-refractivity contribution is -0.122. The van der Waals surface area contributed by atoms with Crippen LogP contribution in [0.25, 0.3) is 6.08 Å². The van der Waals surface area contributed by atoms with Gasteiger partial charge in [0.25, 0.3) is 5.91 Å². The molecule has 0 spiro atoms. The summed E-state index contributed by atoms with van der Waals surface area (Å²) < 4.78 is 12.4. The molecule has 1 heterocycles. The summed E-state index contributed by atoms with van der Waals surface area (Å²) >= 11 is 2.18. The van der Waals surface area contributed by atoms with Gasteiger partial charge in [-0.25, -0.2) is 4.79 Å². The Morgan fingerprint density at radius 1 is 1.17 bits per heavy atom. The maximum atomic E-state index is 12.4. The van der Waals surface area contributed by atoms with E-state index in [4.69, 9.17) is 9.47 Å². The number of halogens is 1. The highest BCUT2D eigenvalue weighted by Crippen LogP contribution is 2.35. The third-order valence-corrected chi connectivity index (χ3v) is 5.28. The van der Waals surface area contributed by atoms with Crippen LogP contribution in [0.1, 0.15) is 30.0 Å². The molecule has 1 fully saturated rings. The summed E-state index contributed by atoms with van der Waals surface area (Å²) in [5.74, 6) is 0.897. The van der Waals surface area contributed by atoms with Gasteiger partial charge in [0.15, 0.2) is 11.5 Å². The van der Waals surface area contributed by atoms with E-state index in [0.29, 0.717) is 31.1 Å². The highest BCUT2D eigenvalue weighted by molar-refractivity contribution is 14.1. The van der Waals surface area contributed by atoms with Gasteiger partial charge >= 0.3 is 6.03 Å². The summed E-state index contributed by atoms with van der Waals surface area (Å²) in [7, 11) is 1.58. The molecule has 6 nitrogen and oxygen atoms in total. The molecule has 1 aliphatic heterocycles. The van der Waals surface area contributed by atoms with E-state index >= 15 is 0 Å². The minimum Gasteiger partial charge on any atom is -0.493 e. The van der Waals surface area contributed by atoms with Gasteiger partial charge in [0.1, 0.15) is 12.3 Å². The van der Waals surface area contributed by atoms with Crippen LogP contribution in [0.4, 0.5) is 4.79 Å². The van der Waals surface area contributed by atoms with Gasteiger partial charge in [0.2, 0.25) is 0 Å². The number of carbonyl (C=O) groups excluding carboxylic acids is 2. The molecular weight excluding hydrogens is 483 g/mol. The SMILES string of the molecule is CCCN1C(=O)N/C(=C/c2cc(I)c(OCc3ccc(C)cc3)c(OC)c2)C1=O. The number of urea groups is 1. The number of benzene rings is 2. The minimum absolute atomic E-state index is 0.259. The smallest absolute Gasteiger partial charge is 0.329 e. The Morgan fingerprint density at radius 3 is 2.55 bits per heavy atom. The molecule has 2 aromatic carbocycles. The lowest BCUT2D eigenvalue weighted by atomic mass is 10.1. The molecule has 0 saturated carbocycles. The molecule has 0 aromatic heterocycles. The molecule has 29 heavy (non-hydrogen) atoms. The second kappa shape index (κ2) is 9.30. The number of carbonyl (C=O) groups is 2. The molecule has 0 radical (unpaired) electrons. The van der Waals surface area contributed by atoms with Crippen LogP contribution < -0.4 is 14.8 Å². The van der Waals surface area contributed by atoms with Crippen LogP contribution in [0.2, 0.25) is 0 Å². The second-order valence-electron chi connectivity index (χ2n) is 6.75. The second-order valence-corrected chi connectivity index (χ2v) is 7.92. The quantitative estimate of drug-likeness (QED) is 0.342. The predicted molar refractivity (Wildman–Crippen MR) is 120 cm³/mol. The number of methoxy groups -OCH3 is 1. The zero-order valence-corrected chi connectivity index (χ0v) is 18.8. The van der Waals surface area contributed by atoms with E-state index in [1.807, 2.05) is 44.2 Å². The fourth-order valence-corrected chi connectivity index (χ4v) is 3.75. The molecule has 1 N–H and O–H groups in total. The van der Waals surface area contributed by atoms with Gasteiger partial charge < -0.3 is 14.8 Å². The fraction of sp³-hybridized carbons (Fsp3) is 0.273. The Labute approximate surface area is 184 Å². The zero-order valence-electron chi connectivity index (χ0n) is 16.6. The molecule has 1 saturated heterocycles. The molecule has 0 unspecified atom stereocenters. The van der Waals surface area contributed by atoms with E-state index in [1.54, 1.807) is 19.3 Å². The highest BCUT2D eigenvalue weighted by Gasteiger charge is 2.32. The van der Waals surface area contributed by atoms with E-state index in [0.717, 1.165) is 14.7 Å². The monoisotopic (exact) mass is 506 g/mol. The van der Waals surface area contributed by atoms with Crippen molar-refractivity contribution in [1.82, 2.24) is 10.2 Å². The first-order chi connectivity index (χ1) is 13.9. The van der Waals surface area contributed by atoms with Crippen molar-refractivity contribution in [2.75, 3.05) is 13.7 Å². The maximum Gasteiger partial charge on any atom is 0.329 e. The molecule has 3 amide bonds. The van der Waals surface area contributed by atoms with Crippen LogP contribution in [0.15, 0.2) is 42.1 Å². The molecule has 2 aromatic rings. The van der Waals surface area contributed by atoms with Gasteiger partial charge in [0.05, 0.1) is 10.7 Å². The van der Waals surface area contributed by atoms with Crippen molar-refractivity contribution < 1.29 is 19.1 Å². The summed E-state index contributed by atoms with van der Waals surface area (Å²) in [6.07, 6.45) is 2.37. The molecule has 7 heteroatoms. The Bertz CT molecular complexity index is 954. The largest absolute Gasteiger partial charge is 0.493 e. The third-order valence-electron chi connectivity index (χ3n) is 4.48. The highest BCUT2D eigenvalue weighted by atomic mass is 127. The number of hydrogen-bond donors (Lipinski definition) is 1. The average molecular weight is 506 g/mol. The average Bonchev–Trinajstić information content (AvgIpc) is 2.96. The summed E-state index contributed by atoms with van der Waals surface area (Å²) in [5.41, 5.74) is 3.27. The van der Waals surface area contributed by atoms with Crippen LogP contribution in [0, 0.1) is 10.5 Å². The fourth-order valence-electron chi connectivity index (χ4n) is 2.97. The molecule has 1 aliphatic rings. The summed E-state index contributed by atoms with van der Waals surface area (Å²) in [4.78, 5) is 25.6. The topological polar surface area (TPSA) is 67.9 Å². The van der Waals surface area contributed by atoms with Crippen molar-refractivity contribution in [2.45, 2.75) is 26.9 Å². The predicted octanol–water partition coefficient (Wildman–Crippen LogP) is 4.49. The number of hydrogen-bond acceptors (Lipinski definition) is 4. The van der Waals surface area contributed by atoms with Crippen molar-refractivity contribution in [3.05, 3.63) is 62.4 Å². The standard InChI is InChI=1S/C22H23IN2O4/c1-4-9-25-21(26)18(24-22(25)27)11-16-10-17(23)20(19(12-16)28-3)29-13-15-7-5-14(2)6-8-15/h5-8,10-12H,4,9,13H2,1-3H3,(H,24,27)/b18-11+. The Balaban J connectivity index is 1.82. The van der Waals surface area contributed by atoms with Gasteiger partial charge in [-0.2, -0.15) is 0 Å². The number of rotatable bonds is 7. The molecule has 152 valence electrons. The van der Waals surface area contributed by atoms with E-state index < -0.39 is 0 Å². The van der Waals surface area contributed by atoms with E-state index in [9.17, 15) is 9.59 Å². The van der Waals surface area contributed by atoms with Crippen LogP contribution >= 0.6 is 22.6 Å². The molecule has 0 bridgehead atoms. The number of nitrogens with zero attached hydrogens (tertiary/aromatic N) is 1. The van der Waals surface area contributed by atoms with E-state index in [-0.39, 0.29) is 17.6 Å². The van der Waals surface area contributed by atoms with Gasteiger partial charge in [-0.05, 0) is 65.3 Å². The third kappa shape index (κ3) is 4.90. The normalized spacial score (nSPS) is 15.0.